The molecule has 1 aliphatic heterocycles. The topological polar surface area (TPSA) is 55.4 Å². The summed E-state index contributed by atoms with van der Waals surface area (Å²) >= 11 is 0. The van der Waals surface area contributed by atoms with E-state index in [2.05, 4.69) is 4.72 Å². The Labute approximate surface area is 102 Å². The summed E-state index contributed by atoms with van der Waals surface area (Å²) in [6.07, 6.45) is 0.667. The quantitative estimate of drug-likeness (QED) is 0.889. The summed E-state index contributed by atoms with van der Waals surface area (Å²) in [6, 6.07) is 6.85. The average molecular weight is 255 g/mol. The van der Waals surface area contributed by atoms with Crippen molar-refractivity contribution in [2.24, 2.45) is 0 Å². The molecule has 1 fully saturated rings. The molecule has 1 aromatic carbocycles. The second-order valence-corrected chi connectivity index (χ2v) is 6.04. The smallest absolute Gasteiger partial charge is 0.241 e. The van der Waals surface area contributed by atoms with E-state index in [0.717, 1.165) is 12.0 Å². The molecule has 94 valence electrons. The molecule has 0 bridgehead atoms. The van der Waals surface area contributed by atoms with E-state index in [9.17, 15) is 8.42 Å². The van der Waals surface area contributed by atoms with Crippen molar-refractivity contribution in [2.45, 2.75) is 37.3 Å². The fourth-order valence-corrected chi connectivity index (χ4v) is 3.59. The van der Waals surface area contributed by atoms with E-state index in [0.29, 0.717) is 11.5 Å². The number of hydrogen-bond donors (Lipinski definition) is 1. The van der Waals surface area contributed by atoms with Crippen LogP contribution in [0.3, 0.4) is 0 Å². The third-order valence-electron chi connectivity index (χ3n) is 3.07. The highest BCUT2D eigenvalue weighted by atomic mass is 32.2. The van der Waals surface area contributed by atoms with Crippen LogP contribution in [0.5, 0.6) is 0 Å². The van der Waals surface area contributed by atoms with Gasteiger partial charge in [-0.3, -0.25) is 0 Å². The van der Waals surface area contributed by atoms with Gasteiger partial charge in [0.15, 0.2) is 0 Å². The van der Waals surface area contributed by atoms with Crippen molar-refractivity contribution >= 4 is 10.0 Å². The van der Waals surface area contributed by atoms with Gasteiger partial charge in [-0.2, -0.15) is 0 Å². The molecule has 0 radical (unpaired) electrons. The number of benzene rings is 1. The van der Waals surface area contributed by atoms with Gasteiger partial charge in [0.1, 0.15) is 0 Å². The highest BCUT2D eigenvalue weighted by molar-refractivity contribution is 7.89. The van der Waals surface area contributed by atoms with Gasteiger partial charge in [-0.15, -0.1) is 0 Å². The molecule has 1 heterocycles. The van der Waals surface area contributed by atoms with Crippen LogP contribution in [0.1, 0.15) is 18.9 Å². The first kappa shape index (κ1) is 12.5. The van der Waals surface area contributed by atoms with Gasteiger partial charge in [-0.1, -0.05) is 18.2 Å². The Morgan fingerprint density at radius 1 is 1.35 bits per heavy atom. The van der Waals surface area contributed by atoms with Crippen LogP contribution in [0, 0.1) is 6.92 Å². The van der Waals surface area contributed by atoms with Crippen LogP contribution in [0.2, 0.25) is 0 Å². The van der Waals surface area contributed by atoms with E-state index in [1.807, 2.05) is 13.0 Å². The van der Waals surface area contributed by atoms with Gasteiger partial charge < -0.3 is 4.74 Å². The summed E-state index contributed by atoms with van der Waals surface area (Å²) < 4.78 is 32.4. The fourth-order valence-electron chi connectivity index (χ4n) is 2.01. The van der Waals surface area contributed by atoms with Crippen molar-refractivity contribution in [3.63, 3.8) is 0 Å². The summed E-state index contributed by atoms with van der Waals surface area (Å²) in [6.45, 7) is 4.29. The Morgan fingerprint density at radius 2 is 2.06 bits per heavy atom. The van der Waals surface area contributed by atoms with Crippen molar-refractivity contribution in [3.8, 4) is 0 Å². The Bertz CT molecular complexity index is 498. The lowest BCUT2D eigenvalue weighted by Crippen LogP contribution is -2.39. The van der Waals surface area contributed by atoms with Crippen LogP contribution in [-0.2, 0) is 14.8 Å². The number of sulfonamides is 1. The van der Waals surface area contributed by atoms with Crippen molar-refractivity contribution in [1.82, 2.24) is 4.72 Å². The van der Waals surface area contributed by atoms with Crippen LogP contribution >= 0.6 is 0 Å². The maximum absolute atomic E-state index is 12.2. The number of nitrogens with one attached hydrogen (secondary N) is 1. The summed E-state index contributed by atoms with van der Waals surface area (Å²) in [7, 11) is -3.44. The van der Waals surface area contributed by atoms with E-state index < -0.39 is 10.0 Å². The predicted octanol–water partition coefficient (Wildman–Crippen LogP) is 1.45. The Morgan fingerprint density at radius 3 is 2.65 bits per heavy atom. The van der Waals surface area contributed by atoms with E-state index in [4.69, 9.17) is 4.74 Å². The lowest BCUT2D eigenvalue weighted by Gasteiger charge is -2.17. The molecular formula is C12H17NO3S. The summed E-state index contributed by atoms with van der Waals surface area (Å²) in [5.41, 5.74) is 0.756. The monoisotopic (exact) mass is 255 g/mol. The minimum atomic E-state index is -3.44. The molecule has 17 heavy (non-hydrogen) atoms. The van der Waals surface area contributed by atoms with Gasteiger partial charge in [-0.25, -0.2) is 13.1 Å². The molecule has 0 aromatic heterocycles. The molecule has 0 saturated carbocycles. The highest BCUT2D eigenvalue weighted by Crippen LogP contribution is 2.18. The maximum Gasteiger partial charge on any atom is 0.241 e. The van der Waals surface area contributed by atoms with E-state index in [1.165, 1.54) is 0 Å². The normalized spacial score (nSPS) is 25.1. The van der Waals surface area contributed by atoms with Crippen molar-refractivity contribution in [3.05, 3.63) is 29.8 Å². The molecule has 2 rings (SSSR count). The maximum atomic E-state index is 12.2. The molecule has 2 unspecified atom stereocenters. The lowest BCUT2D eigenvalue weighted by atomic mass is 10.2. The van der Waals surface area contributed by atoms with Crippen molar-refractivity contribution in [2.75, 3.05) is 6.61 Å². The van der Waals surface area contributed by atoms with Crippen LogP contribution in [0.15, 0.2) is 29.2 Å². The molecule has 1 N–H and O–H groups in total. The zero-order valence-corrected chi connectivity index (χ0v) is 10.8. The number of hydrogen-bond acceptors (Lipinski definition) is 3. The molecule has 0 amide bonds. The molecule has 5 heteroatoms. The van der Waals surface area contributed by atoms with Crippen LogP contribution in [-0.4, -0.2) is 27.2 Å². The summed E-state index contributed by atoms with van der Waals surface area (Å²) in [5, 5.41) is 0. The largest absolute Gasteiger partial charge is 0.377 e. The summed E-state index contributed by atoms with van der Waals surface area (Å²) in [5.74, 6) is 0. The zero-order valence-electron chi connectivity index (χ0n) is 10.0. The van der Waals surface area contributed by atoms with Gasteiger partial charge in [0.25, 0.3) is 0 Å². The SMILES string of the molecule is Cc1ccccc1S(=O)(=O)NC1CCOC1C. The van der Waals surface area contributed by atoms with Crippen LogP contribution < -0.4 is 4.72 Å². The minimum Gasteiger partial charge on any atom is -0.377 e. The zero-order chi connectivity index (χ0) is 12.5. The molecule has 2 atom stereocenters. The fraction of sp³-hybridized carbons (Fsp3) is 0.500. The molecule has 1 saturated heterocycles. The Hall–Kier alpha value is -0.910. The van der Waals surface area contributed by atoms with Gasteiger partial charge >= 0.3 is 0 Å². The number of aryl methyl sites for hydroxylation is 1. The molecule has 0 aliphatic carbocycles. The van der Waals surface area contributed by atoms with Crippen molar-refractivity contribution in [1.29, 1.82) is 0 Å². The number of rotatable bonds is 3. The van der Waals surface area contributed by atoms with Crippen LogP contribution in [0.25, 0.3) is 0 Å². The highest BCUT2D eigenvalue weighted by Gasteiger charge is 2.29. The van der Waals surface area contributed by atoms with Gasteiger partial charge in [0.2, 0.25) is 10.0 Å². The van der Waals surface area contributed by atoms with E-state index in [1.54, 1.807) is 25.1 Å². The first-order valence-electron chi connectivity index (χ1n) is 5.70. The molecule has 1 aromatic rings. The molecular weight excluding hydrogens is 238 g/mol. The third-order valence-corrected chi connectivity index (χ3v) is 4.72. The minimum absolute atomic E-state index is 0.0613. The first-order valence-corrected chi connectivity index (χ1v) is 7.18. The molecule has 4 nitrogen and oxygen atoms in total. The Balaban J connectivity index is 2.22. The standard InChI is InChI=1S/C12H17NO3S/c1-9-5-3-4-6-12(9)17(14,15)13-11-7-8-16-10(11)2/h3-6,10-11,13H,7-8H2,1-2H3. The number of ether oxygens (including phenoxy) is 1. The van der Waals surface area contributed by atoms with Gasteiger partial charge in [-0.05, 0) is 31.9 Å². The van der Waals surface area contributed by atoms with Gasteiger partial charge in [0.05, 0.1) is 17.0 Å². The van der Waals surface area contributed by atoms with Crippen molar-refractivity contribution < 1.29 is 13.2 Å². The first-order chi connectivity index (χ1) is 8.00. The Kier molecular flexibility index (Phi) is 3.51. The molecule has 0 spiro atoms. The van der Waals surface area contributed by atoms with Crippen LogP contribution in [0.4, 0.5) is 0 Å². The lowest BCUT2D eigenvalue weighted by molar-refractivity contribution is 0.117. The summed E-state index contributed by atoms with van der Waals surface area (Å²) in [4.78, 5) is 0.346. The third kappa shape index (κ3) is 2.68. The van der Waals surface area contributed by atoms with E-state index >= 15 is 0 Å². The molecule has 1 aliphatic rings. The second kappa shape index (κ2) is 4.76. The predicted molar refractivity (Wildman–Crippen MR) is 65.3 cm³/mol. The second-order valence-electron chi connectivity index (χ2n) is 4.36. The van der Waals surface area contributed by atoms with E-state index in [-0.39, 0.29) is 12.1 Å². The van der Waals surface area contributed by atoms with Gasteiger partial charge in [0, 0.05) is 6.61 Å². The average Bonchev–Trinajstić information content (AvgIpc) is 2.64.